The lowest BCUT2D eigenvalue weighted by Gasteiger charge is -2.06. The highest BCUT2D eigenvalue weighted by Gasteiger charge is 2.31. The number of anilines is 1. The number of hydrogen-bond donors (Lipinski definition) is 1. The first-order chi connectivity index (χ1) is 14.7. The molecule has 0 spiro atoms. The molecule has 1 aliphatic rings. The van der Waals surface area contributed by atoms with E-state index in [1.54, 1.807) is 22.3 Å². The van der Waals surface area contributed by atoms with Crippen LogP contribution in [0.1, 0.15) is 35.2 Å². The molecule has 0 aliphatic heterocycles. The molecule has 2 aromatic carbocycles. The Bertz CT molecular complexity index is 1190. The minimum absolute atomic E-state index is 0.143. The highest BCUT2D eigenvalue weighted by Crippen LogP contribution is 2.40. The van der Waals surface area contributed by atoms with Crippen molar-refractivity contribution in [1.29, 1.82) is 0 Å². The van der Waals surface area contributed by atoms with Crippen molar-refractivity contribution in [2.24, 2.45) is 0 Å². The summed E-state index contributed by atoms with van der Waals surface area (Å²) in [5, 5.41) is 15.7. The van der Waals surface area contributed by atoms with Crippen molar-refractivity contribution < 1.29 is 4.79 Å². The van der Waals surface area contributed by atoms with Crippen LogP contribution in [-0.4, -0.2) is 30.9 Å². The number of carbonyl (C=O) groups is 1. The number of nitrogens with one attached hydrogen (secondary N) is 1. The molecule has 1 aliphatic carbocycles. The Morgan fingerprint density at radius 2 is 2.03 bits per heavy atom. The van der Waals surface area contributed by atoms with Crippen LogP contribution in [0.5, 0.6) is 0 Å². The van der Waals surface area contributed by atoms with Gasteiger partial charge in [-0.05, 0) is 43.2 Å². The molecular weight excluding hydrogens is 440 g/mol. The molecule has 10 heteroatoms. The zero-order valence-electron chi connectivity index (χ0n) is 15.5. The summed E-state index contributed by atoms with van der Waals surface area (Å²) < 4.78 is 2.57. The predicted octanol–water partition coefficient (Wildman–Crippen LogP) is 5.05. The number of carbonyl (C=O) groups excluding carboxylic acids is 1. The molecule has 30 heavy (non-hydrogen) atoms. The van der Waals surface area contributed by atoms with E-state index in [9.17, 15) is 4.79 Å². The van der Waals surface area contributed by atoms with Gasteiger partial charge in [-0.25, -0.2) is 9.67 Å². The zero-order valence-corrected chi connectivity index (χ0v) is 17.9. The maximum Gasteiger partial charge on any atom is 0.295 e. The molecule has 1 amide bonds. The number of para-hydroxylation sites is 1. The van der Waals surface area contributed by atoms with Gasteiger partial charge in [-0.2, -0.15) is 0 Å². The molecule has 5 rings (SSSR count). The topological polar surface area (TPSA) is 85.6 Å². The van der Waals surface area contributed by atoms with Crippen LogP contribution in [0.3, 0.4) is 0 Å². The van der Waals surface area contributed by atoms with Crippen LogP contribution in [0, 0.1) is 0 Å². The van der Waals surface area contributed by atoms with E-state index in [4.69, 9.17) is 11.6 Å². The van der Waals surface area contributed by atoms with Crippen LogP contribution in [0.4, 0.5) is 5.69 Å². The molecule has 0 atom stereocenters. The maximum absolute atomic E-state index is 12.8. The maximum atomic E-state index is 12.8. The fraction of sp³-hybridized carbons (Fsp3) is 0.150. The Hall–Kier alpha value is -2.75. The van der Waals surface area contributed by atoms with Crippen molar-refractivity contribution in [2.45, 2.75) is 28.0 Å². The van der Waals surface area contributed by atoms with Crippen LogP contribution >= 0.6 is 34.7 Å². The van der Waals surface area contributed by atoms with Crippen molar-refractivity contribution in [3.8, 4) is 5.69 Å². The predicted molar refractivity (Wildman–Crippen MR) is 117 cm³/mol. The minimum Gasteiger partial charge on any atom is -0.319 e. The van der Waals surface area contributed by atoms with Crippen molar-refractivity contribution in [2.75, 3.05) is 5.32 Å². The summed E-state index contributed by atoms with van der Waals surface area (Å²) in [5.41, 5.74) is 3.14. The summed E-state index contributed by atoms with van der Waals surface area (Å²) in [6.45, 7) is 0. The Kier molecular flexibility index (Phi) is 5.24. The van der Waals surface area contributed by atoms with Gasteiger partial charge in [0.1, 0.15) is 11.3 Å². The van der Waals surface area contributed by atoms with E-state index in [2.05, 4.69) is 25.6 Å². The molecular formula is C20H15ClN6OS2. The van der Waals surface area contributed by atoms with E-state index in [1.165, 1.54) is 23.1 Å². The van der Waals surface area contributed by atoms with E-state index in [-0.39, 0.29) is 11.7 Å². The van der Waals surface area contributed by atoms with Crippen LogP contribution in [0.2, 0.25) is 5.02 Å². The minimum atomic E-state index is -0.368. The van der Waals surface area contributed by atoms with Gasteiger partial charge in [0.2, 0.25) is 5.82 Å². The Morgan fingerprint density at radius 1 is 1.20 bits per heavy atom. The number of benzene rings is 2. The van der Waals surface area contributed by atoms with Gasteiger partial charge < -0.3 is 5.32 Å². The third kappa shape index (κ3) is 4.09. The molecule has 1 saturated carbocycles. The SMILES string of the molecule is O=C(Nc1ccc(Sc2nncs2)c(Cl)c1)c1nc(C2CC2)n(-c2ccccc2)n1. The van der Waals surface area contributed by atoms with E-state index in [1.807, 2.05) is 36.4 Å². The normalized spacial score (nSPS) is 13.4. The molecule has 4 aromatic rings. The average Bonchev–Trinajstić information content (AvgIpc) is 3.29. The largest absolute Gasteiger partial charge is 0.319 e. The Morgan fingerprint density at radius 3 is 2.73 bits per heavy atom. The fourth-order valence-corrected chi connectivity index (χ4v) is 4.67. The number of halogens is 1. The lowest BCUT2D eigenvalue weighted by Crippen LogP contribution is -2.14. The van der Waals surface area contributed by atoms with Crippen molar-refractivity contribution in [3.63, 3.8) is 0 Å². The summed E-state index contributed by atoms with van der Waals surface area (Å²) in [6.07, 6.45) is 2.13. The molecule has 1 fully saturated rings. The highest BCUT2D eigenvalue weighted by molar-refractivity contribution is 8.01. The number of amides is 1. The van der Waals surface area contributed by atoms with Gasteiger partial charge in [0.15, 0.2) is 4.34 Å². The van der Waals surface area contributed by atoms with Gasteiger partial charge in [-0.15, -0.1) is 15.3 Å². The Labute approximate surface area is 185 Å². The zero-order chi connectivity index (χ0) is 20.5. The number of aromatic nitrogens is 5. The van der Waals surface area contributed by atoms with E-state index in [0.717, 1.165) is 33.6 Å². The molecule has 2 heterocycles. The number of nitrogens with zero attached hydrogens (tertiary/aromatic N) is 5. The Balaban J connectivity index is 1.36. The third-order valence-electron chi connectivity index (χ3n) is 4.51. The molecule has 2 aromatic heterocycles. The van der Waals surface area contributed by atoms with Crippen molar-refractivity contribution in [3.05, 3.63) is 70.7 Å². The second kappa shape index (κ2) is 8.17. The van der Waals surface area contributed by atoms with E-state index < -0.39 is 0 Å². The molecule has 0 radical (unpaired) electrons. The van der Waals surface area contributed by atoms with Crippen LogP contribution in [-0.2, 0) is 0 Å². The first-order valence-electron chi connectivity index (χ1n) is 9.24. The van der Waals surface area contributed by atoms with E-state index in [0.29, 0.717) is 16.6 Å². The summed E-state index contributed by atoms with van der Waals surface area (Å²) in [6, 6.07) is 15.1. The molecule has 0 saturated heterocycles. The smallest absolute Gasteiger partial charge is 0.295 e. The highest BCUT2D eigenvalue weighted by atomic mass is 35.5. The van der Waals surface area contributed by atoms with Gasteiger partial charge in [0.25, 0.3) is 5.91 Å². The summed E-state index contributed by atoms with van der Waals surface area (Å²) in [7, 11) is 0. The second-order valence-electron chi connectivity index (χ2n) is 6.72. The second-order valence-corrected chi connectivity index (χ2v) is 9.25. The van der Waals surface area contributed by atoms with Crippen molar-refractivity contribution in [1.82, 2.24) is 25.0 Å². The fourth-order valence-electron chi connectivity index (χ4n) is 2.94. The van der Waals surface area contributed by atoms with Crippen molar-refractivity contribution >= 4 is 46.3 Å². The number of hydrogen-bond acceptors (Lipinski definition) is 7. The first kappa shape index (κ1) is 19.2. The monoisotopic (exact) mass is 454 g/mol. The van der Waals surface area contributed by atoms with Gasteiger partial charge in [0.05, 0.1) is 10.7 Å². The standard InChI is InChI=1S/C20H15ClN6OS2/c21-15-10-13(8-9-16(15)30-20-25-22-11-29-20)23-19(28)17-24-18(12-6-7-12)27(26-17)14-4-2-1-3-5-14/h1-5,8-12H,6-7H2,(H,23,28). The van der Waals surface area contributed by atoms with Gasteiger partial charge in [-0.3, -0.25) is 4.79 Å². The first-order valence-corrected chi connectivity index (χ1v) is 11.3. The summed E-state index contributed by atoms with van der Waals surface area (Å²) in [4.78, 5) is 18.2. The summed E-state index contributed by atoms with van der Waals surface area (Å²) in [5.74, 6) is 0.954. The molecule has 7 nitrogen and oxygen atoms in total. The summed E-state index contributed by atoms with van der Waals surface area (Å²) >= 11 is 9.26. The van der Waals surface area contributed by atoms with E-state index >= 15 is 0 Å². The van der Waals surface area contributed by atoms with Gasteiger partial charge >= 0.3 is 0 Å². The molecule has 0 unspecified atom stereocenters. The van der Waals surface area contributed by atoms with Gasteiger partial charge in [-0.1, -0.05) is 52.9 Å². The average molecular weight is 455 g/mol. The van der Waals surface area contributed by atoms with Crippen LogP contribution < -0.4 is 5.32 Å². The third-order valence-corrected chi connectivity index (χ3v) is 6.78. The molecule has 1 N–H and O–H groups in total. The lowest BCUT2D eigenvalue weighted by molar-refractivity contribution is 0.101. The quantitative estimate of drug-likeness (QED) is 0.438. The number of rotatable bonds is 6. The molecule has 0 bridgehead atoms. The lowest BCUT2D eigenvalue weighted by atomic mass is 10.3. The van der Waals surface area contributed by atoms with Crippen LogP contribution in [0.25, 0.3) is 5.69 Å². The van der Waals surface area contributed by atoms with Crippen LogP contribution in [0.15, 0.2) is 63.3 Å². The van der Waals surface area contributed by atoms with Gasteiger partial charge in [0, 0.05) is 16.5 Å². The molecule has 150 valence electrons.